The van der Waals surface area contributed by atoms with Crippen LogP contribution in [0.3, 0.4) is 0 Å². The van der Waals surface area contributed by atoms with Gasteiger partial charge in [-0.25, -0.2) is 0 Å². The van der Waals surface area contributed by atoms with Gasteiger partial charge in [-0.15, -0.1) is 0 Å². The highest BCUT2D eigenvalue weighted by atomic mass is 16.5. The summed E-state index contributed by atoms with van der Waals surface area (Å²) in [5, 5.41) is 3.35. The second-order valence-electron chi connectivity index (χ2n) is 3.74. The molecule has 1 aromatic rings. The van der Waals surface area contributed by atoms with Crippen LogP contribution in [0.5, 0.6) is 5.75 Å². The fourth-order valence-corrected chi connectivity index (χ4v) is 1.70. The minimum Gasteiger partial charge on any atom is -0.485 e. The maximum atomic E-state index is 11.3. The summed E-state index contributed by atoms with van der Waals surface area (Å²) < 4.78 is 10.3. The number of hydrogen-bond donors (Lipinski definition) is 1. The standard InChI is InChI=1S/C11H15NO3/c13-10-4-6-14-8-11(10)15-7-9-3-1-2-5-12-9/h4,6,8-9,12H,1-3,5,7H2. The van der Waals surface area contributed by atoms with Crippen molar-refractivity contribution >= 4 is 0 Å². The van der Waals surface area contributed by atoms with E-state index in [9.17, 15) is 4.79 Å². The van der Waals surface area contributed by atoms with Gasteiger partial charge in [-0.05, 0) is 19.4 Å². The van der Waals surface area contributed by atoms with Crippen LogP contribution in [0.2, 0.25) is 0 Å². The minimum absolute atomic E-state index is 0.128. The lowest BCUT2D eigenvalue weighted by atomic mass is 10.1. The Morgan fingerprint density at radius 2 is 2.47 bits per heavy atom. The molecule has 0 aromatic carbocycles. The zero-order valence-corrected chi connectivity index (χ0v) is 8.57. The van der Waals surface area contributed by atoms with Gasteiger partial charge in [0.2, 0.25) is 11.2 Å². The molecule has 0 bridgehead atoms. The maximum absolute atomic E-state index is 11.3. The average Bonchev–Trinajstić information content (AvgIpc) is 2.29. The van der Waals surface area contributed by atoms with Crippen LogP contribution in [0, 0.1) is 0 Å². The molecule has 1 aliphatic heterocycles. The molecule has 0 amide bonds. The van der Waals surface area contributed by atoms with E-state index in [1.54, 1.807) is 0 Å². The van der Waals surface area contributed by atoms with E-state index < -0.39 is 0 Å². The van der Waals surface area contributed by atoms with Crippen LogP contribution in [0.4, 0.5) is 0 Å². The Hall–Kier alpha value is -1.29. The third kappa shape index (κ3) is 2.83. The molecule has 1 aliphatic rings. The van der Waals surface area contributed by atoms with Crippen molar-refractivity contribution in [2.45, 2.75) is 25.3 Å². The molecule has 1 saturated heterocycles. The van der Waals surface area contributed by atoms with Crippen LogP contribution in [0.1, 0.15) is 19.3 Å². The summed E-state index contributed by atoms with van der Waals surface area (Å²) in [6.07, 6.45) is 6.27. The first kappa shape index (κ1) is 10.2. The van der Waals surface area contributed by atoms with Gasteiger partial charge in [0.25, 0.3) is 0 Å². The van der Waals surface area contributed by atoms with Gasteiger partial charge in [-0.3, -0.25) is 4.79 Å². The Labute approximate surface area is 88.2 Å². The van der Waals surface area contributed by atoms with Gasteiger partial charge in [0.05, 0.1) is 6.26 Å². The molecule has 0 saturated carbocycles. The Balaban J connectivity index is 1.87. The summed E-state index contributed by atoms with van der Waals surface area (Å²) in [6.45, 7) is 1.58. The molecule has 2 rings (SSSR count). The number of piperidine rings is 1. The lowest BCUT2D eigenvalue weighted by Crippen LogP contribution is -2.38. The largest absolute Gasteiger partial charge is 0.485 e. The summed E-state index contributed by atoms with van der Waals surface area (Å²) in [4.78, 5) is 11.3. The van der Waals surface area contributed by atoms with Crippen LogP contribution >= 0.6 is 0 Å². The Morgan fingerprint density at radius 1 is 1.53 bits per heavy atom. The molecule has 1 unspecified atom stereocenters. The third-order valence-corrected chi connectivity index (χ3v) is 2.57. The van der Waals surface area contributed by atoms with Crippen LogP contribution in [-0.4, -0.2) is 19.2 Å². The van der Waals surface area contributed by atoms with Gasteiger partial charge in [-0.1, -0.05) is 6.42 Å². The fourth-order valence-electron chi connectivity index (χ4n) is 1.70. The summed E-state index contributed by atoms with van der Waals surface area (Å²) in [6, 6.07) is 1.72. The highest BCUT2D eigenvalue weighted by molar-refractivity contribution is 5.14. The van der Waals surface area contributed by atoms with Crippen LogP contribution in [-0.2, 0) is 0 Å². The van der Waals surface area contributed by atoms with Crippen molar-refractivity contribution in [3.05, 3.63) is 28.8 Å². The molecular formula is C11H15NO3. The number of nitrogens with one attached hydrogen (secondary N) is 1. The summed E-state index contributed by atoms with van der Waals surface area (Å²) in [5.74, 6) is 0.296. The van der Waals surface area contributed by atoms with Crippen molar-refractivity contribution in [1.82, 2.24) is 5.32 Å². The summed E-state index contributed by atoms with van der Waals surface area (Å²) in [7, 11) is 0. The number of ether oxygens (including phenoxy) is 1. The fraction of sp³-hybridized carbons (Fsp3) is 0.545. The van der Waals surface area contributed by atoms with Gasteiger partial charge in [0.15, 0.2) is 0 Å². The van der Waals surface area contributed by atoms with E-state index in [-0.39, 0.29) is 5.43 Å². The van der Waals surface area contributed by atoms with E-state index >= 15 is 0 Å². The molecule has 0 spiro atoms. The van der Waals surface area contributed by atoms with Gasteiger partial charge in [0.1, 0.15) is 12.9 Å². The smallest absolute Gasteiger partial charge is 0.226 e. The second-order valence-corrected chi connectivity index (χ2v) is 3.74. The lowest BCUT2D eigenvalue weighted by molar-refractivity contribution is 0.232. The average molecular weight is 209 g/mol. The van der Waals surface area contributed by atoms with Crippen molar-refractivity contribution in [2.75, 3.05) is 13.2 Å². The van der Waals surface area contributed by atoms with Gasteiger partial charge < -0.3 is 14.5 Å². The van der Waals surface area contributed by atoms with Crippen molar-refractivity contribution in [2.24, 2.45) is 0 Å². The molecule has 4 nitrogen and oxygen atoms in total. The van der Waals surface area contributed by atoms with Crippen LogP contribution in [0.25, 0.3) is 0 Å². The van der Waals surface area contributed by atoms with E-state index in [4.69, 9.17) is 9.15 Å². The first-order valence-electron chi connectivity index (χ1n) is 5.29. The molecule has 2 heterocycles. The van der Waals surface area contributed by atoms with E-state index in [1.165, 1.54) is 31.4 Å². The van der Waals surface area contributed by atoms with Crippen molar-refractivity contribution in [1.29, 1.82) is 0 Å². The number of hydrogen-bond acceptors (Lipinski definition) is 4. The topological polar surface area (TPSA) is 51.5 Å². The predicted molar refractivity (Wildman–Crippen MR) is 56.1 cm³/mol. The Bertz CT molecular complexity index is 355. The van der Waals surface area contributed by atoms with Crippen molar-refractivity contribution < 1.29 is 9.15 Å². The summed E-state index contributed by atoms with van der Waals surface area (Å²) in [5.41, 5.74) is -0.128. The quantitative estimate of drug-likeness (QED) is 0.811. The maximum Gasteiger partial charge on any atom is 0.226 e. The molecule has 4 heteroatoms. The van der Waals surface area contributed by atoms with E-state index in [1.807, 2.05) is 0 Å². The zero-order valence-electron chi connectivity index (χ0n) is 8.57. The van der Waals surface area contributed by atoms with Gasteiger partial charge in [0, 0.05) is 12.1 Å². The highest BCUT2D eigenvalue weighted by Gasteiger charge is 2.13. The number of rotatable bonds is 3. The monoisotopic (exact) mass is 209 g/mol. The lowest BCUT2D eigenvalue weighted by Gasteiger charge is -2.23. The molecule has 82 valence electrons. The first-order valence-corrected chi connectivity index (χ1v) is 5.29. The molecular weight excluding hydrogens is 194 g/mol. The summed E-state index contributed by atoms with van der Waals surface area (Å²) >= 11 is 0. The first-order chi connectivity index (χ1) is 7.36. The van der Waals surface area contributed by atoms with E-state index in [2.05, 4.69) is 5.32 Å². The van der Waals surface area contributed by atoms with Gasteiger partial charge >= 0.3 is 0 Å². The molecule has 1 atom stereocenters. The Morgan fingerprint density at radius 3 is 3.20 bits per heavy atom. The molecule has 1 fully saturated rings. The second kappa shape index (κ2) is 4.98. The van der Waals surface area contributed by atoms with Crippen molar-refractivity contribution in [3.8, 4) is 5.75 Å². The zero-order chi connectivity index (χ0) is 10.5. The molecule has 0 aliphatic carbocycles. The molecule has 1 aromatic heterocycles. The van der Waals surface area contributed by atoms with Crippen LogP contribution in [0.15, 0.2) is 27.8 Å². The third-order valence-electron chi connectivity index (χ3n) is 2.57. The molecule has 0 radical (unpaired) electrons. The van der Waals surface area contributed by atoms with E-state index in [0.717, 1.165) is 13.0 Å². The highest BCUT2D eigenvalue weighted by Crippen LogP contribution is 2.09. The Kier molecular flexibility index (Phi) is 3.40. The predicted octanol–water partition coefficient (Wildman–Crippen LogP) is 1.16. The van der Waals surface area contributed by atoms with Crippen LogP contribution < -0.4 is 15.5 Å². The minimum atomic E-state index is -0.128. The van der Waals surface area contributed by atoms with E-state index in [0.29, 0.717) is 18.4 Å². The SMILES string of the molecule is O=c1ccocc1OCC1CCCCN1. The van der Waals surface area contributed by atoms with Gasteiger partial charge in [-0.2, -0.15) is 0 Å². The molecule has 1 N–H and O–H groups in total. The normalized spacial score (nSPS) is 21.2. The molecule has 15 heavy (non-hydrogen) atoms. The van der Waals surface area contributed by atoms with Crippen molar-refractivity contribution in [3.63, 3.8) is 0 Å².